The second-order valence-electron chi connectivity index (χ2n) is 8.18. The molecule has 1 saturated carbocycles. The van der Waals surface area contributed by atoms with Crippen LogP contribution in [0.15, 0.2) is 60.7 Å². The highest BCUT2D eigenvalue weighted by molar-refractivity contribution is 6.09. The van der Waals surface area contributed by atoms with Crippen LogP contribution in [-0.4, -0.2) is 34.8 Å². The molecule has 1 aliphatic carbocycles. The normalized spacial score (nSPS) is 18.9. The van der Waals surface area contributed by atoms with E-state index < -0.39 is 11.6 Å². The first-order chi connectivity index (χ1) is 14.6. The van der Waals surface area contributed by atoms with Crippen LogP contribution in [0.5, 0.6) is 0 Å². The summed E-state index contributed by atoms with van der Waals surface area (Å²) >= 11 is 0. The van der Waals surface area contributed by atoms with Crippen molar-refractivity contribution in [3.05, 3.63) is 71.8 Å². The Morgan fingerprint density at radius 2 is 1.60 bits per heavy atom. The van der Waals surface area contributed by atoms with E-state index in [1.54, 1.807) is 0 Å². The molecule has 4 rings (SSSR count). The SMILES string of the molecule is O=C(CN1C(=O)NC2(CCCCC2)C1=O)NC(Cc1ccccc1)c1ccccc1. The second-order valence-corrected chi connectivity index (χ2v) is 8.18. The molecule has 0 bridgehead atoms. The number of imide groups is 1. The Kier molecular flexibility index (Phi) is 5.84. The molecule has 2 aromatic carbocycles. The molecule has 2 fully saturated rings. The number of hydrogen-bond acceptors (Lipinski definition) is 3. The van der Waals surface area contributed by atoms with Gasteiger partial charge in [0, 0.05) is 0 Å². The molecule has 0 radical (unpaired) electrons. The Morgan fingerprint density at radius 3 is 2.27 bits per heavy atom. The Hall–Kier alpha value is -3.15. The third kappa shape index (κ3) is 4.22. The van der Waals surface area contributed by atoms with Crippen LogP contribution in [-0.2, 0) is 16.0 Å². The van der Waals surface area contributed by atoms with E-state index in [0.29, 0.717) is 19.3 Å². The van der Waals surface area contributed by atoms with E-state index in [9.17, 15) is 14.4 Å². The summed E-state index contributed by atoms with van der Waals surface area (Å²) in [5.74, 6) is -0.599. The molecule has 1 unspecified atom stereocenters. The van der Waals surface area contributed by atoms with Crippen molar-refractivity contribution in [1.29, 1.82) is 0 Å². The topological polar surface area (TPSA) is 78.5 Å². The van der Waals surface area contributed by atoms with Gasteiger partial charge in [0.25, 0.3) is 5.91 Å². The van der Waals surface area contributed by atoms with Gasteiger partial charge in [-0.25, -0.2) is 4.79 Å². The van der Waals surface area contributed by atoms with Crippen molar-refractivity contribution in [2.24, 2.45) is 0 Å². The van der Waals surface area contributed by atoms with Crippen molar-refractivity contribution in [2.45, 2.75) is 50.1 Å². The molecule has 1 spiro atoms. The van der Waals surface area contributed by atoms with Gasteiger partial charge in [0.2, 0.25) is 5.91 Å². The molecule has 6 nitrogen and oxygen atoms in total. The first-order valence-corrected chi connectivity index (χ1v) is 10.6. The van der Waals surface area contributed by atoms with E-state index >= 15 is 0 Å². The number of nitrogens with zero attached hydrogens (tertiary/aromatic N) is 1. The Balaban J connectivity index is 1.46. The van der Waals surface area contributed by atoms with Crippen molar-refractivity contribution in [3.63, 3.8) is 0 Å². The average Bonchev–Trinajstić information content (AvgIpc) is 2.99. The molecular weight excluding hydrogens is 378 g/mol. The molecule has 1 saturated heterocycles. The fourth-order valence-corrected chi connectivity index (χ4v) is 4.48. The van der Waals surface area contributed by atoms with Crippen LogP contribution in [0.4, 0.5) is 4.79 Å². The van der Waals surface area contributed by atoms with Crippen molar-refractivity contribution >= 4 is 17.8 Å². The maximum atomic E-state index is 12.9. The largest absolute Gasteiger partial charge is 0.347 e. The maximum absolute atomic E-state index is 12.9. The number of nitrogens with one attached hydrogen (secondary N) is 2. The second kappa shape index (κ2) is 8.69. The standard InChI is InChI=1S/C24H27N3O3/c28-21(17-27-22(29)24(26-23(27)30)14-8-3-9-15-24)25-20(19-12-6-2-7-13-19)16-18-10-4-1-5-11-18/h1-2,4-7,10-13,20H,3,8-9,14-17H2,(H,25,28)(H,26,30). The molecule has 1 heterocycles. The third-order valence-corrected chi connectivity index (χ3v) is 6.07. The van der Waals surface area contributed by atoms with Gasteiger partial charge in [0.05, 0.1) is 6.04 Å². The lowest BCUT2D eigenvalue weighted by atomic mass is 9.82. The number of rotatable bonds is 6. The molecule has 1 atom stereocenters. The molecule has 2 aromatic rings. The first kappa shape index (κ1) is 20.1. The summed E-state index contributed by atoms with van der Waals surface area (Å²) in [5.41, 5.74) is 1.27. The monoisotopic (exact) mass is 405 g/mol. The minimum Gasteiger partial charge on any atom is -0.347 e. The number of hydrogen-bond donors (Lipinski definition) is 2. The summed E-state index contributed by atoms with van der Waals surface area (Å²) in [6, 6.07) is 19.0. The van der Waals surface area contributed by atoms with Crippen molar-refractivity contribution in [3.8, 4) is 0 Å². The summed E-state index contributed by atoms with van der Waals surface area (Å²) in [7, 11) is 0. The molecule has 4 amide bonds. The van der Waals surface area contributed by atoms with Crippen LogP contribution >= 0.6 is 0 Å². The van der Waals surface area contributed by atoms with E-state index in [0.717, 1.165) is 35.3 Å². The highest BCUT2D eigenvalue weighted by Crippen LogP contribution is 2.33. The molecule has 0 aromatic heterocycles. The van der Waals surface area contributed by atoms with Gasteiger partial charge >= 0.3 is 6.03 Å². The van der Waals surface area contributed by atoms with Crippen molar-refractivity contribution < 1.29 is 14.4 Å². The van der Waals surface area contributed by atoms with Crippen LogP contribution in [0.25, 0.3) is 0 Å². The maximum Gasteiger partial charge on any atom is 0.325 e. The number of amides is 4. The van der Waals surface area contributed by atoms with E-state index in [1.165, 1.54) is 0 Å². The summed E-state index contributed by atoms with van der Waals surface area (Å²) in [6.07, 6.45) is 4.83. The highest BCUT2D eigenvalue weighted by atomic mass is 16.2. The fraction of sp³-hybridized carbons (Fsp3) is 0.375. The van der Waals surface area contributed by atoms with E-state index in [4.69, 9.17) is 0 Å². The Bertz CT molecular complexity index is 908. The van der Waals surface area contributed by atoms with Gasteiger partial charge in [-0.2, -0.15) is 0 Å². The van der Waals surface area contributed by atoms with Crippen LogP contribution in [0.3, 0.4) is 0 Å². The molecule has 2 aliphatic rings. The quantitative estimate of drug-likeness (QED) is 0.724. The highest BCUT2D eigenvalue weighted by Gasteiger charge is 2.51. The molecular formula is C24H27N3O3. The number of benzene rings is 2. The minimum atomic E-state index is -0.807. The Morgan fingerprint density at radius 1 is 0.967 bits per heavy atom. The van der Waals surface area contributed by atoms with Gasteiger partial charge in [-0.3, -0.25) is 14.5 Å². The summed E-state index contributed by atoms with van der Waals surface area (Å²) in [4.78, 5) is 39.3. The number of carbonyl (C=O) groups excluding carboxylic acids is 3. The van der Waals surface area contributed by atoms with Gasteiger partial charge < -0.3 is 10.6 Å². The fourth-order valence-electron chi connectivity index (χ4n) is 4.48. The molecule has 156 valence electrons. The van der Waals surface area contributed by atoms with Crippen LogP contribution < -0.4 is 10.6 Å². The zero-order chi connectivity index (χ0) is 21.0. The molecule has 1 aliphatic heterocycles. The molecule has 2 N–H and O–H groups in total. The lowest BCUT2D eigenvalue weighted by molar-refractivity contribution is -0.136. The van der Waals surface area contributed by atoms with Gasteiger partial charge in [0.1, 0.15) is 12.1 Å². The minimum absolute atomic E-state index is 0.245. The average molecular weight is 405 g/mol. The Labute approximate surface area is 176 Å². The lowest BCUT2D eigenvalue weighted by Gasteiger charge is -2.30. The van der Waals surface area contributed by atoms with E-state index in [2.05, 4.69) is 10.6 Å². The van der Waals surface area contributed by atoms with Crippen LogP contribution in [0.2, 0.25) is 0 Å². The number of urea groups is 1. The number of carbonyl (C=O) groups is 3. The van der Waals surface area contributed by atoms with Crippen LogP contribution in [0, 0.1) is 0 Å². The predicted molar refractivity (Wildman–Crippen MR) is 114 cm³/mol. The van der Waals surface area contributed by atoms with E-state index in [1.807, 2.05) is 60.7 Å². The predicted octanol–water partition coefficient (Wildman–Crippen LogP) is 3.34. The van der Waals surface area contributed by atoms with Crippen LogP contribution in [0.1, 0.15) is 49.3 Å². The molecule has 6 heteroatoms. The van der Waals surface area contributed by atoms with Gasteiger partial charge in [-0.15, -0.1) is 0 Å². The zero-order valence-corrected chi connectivity index (χ0v) is 17.0. The first-order valence-electron chi connectivity index (χ1n) is 10.6. The summed E-state index contributed by atoms with van der Waals surface area (Å²) < 4.78 is 0. The van der Waals surface area contributed by atoms with Crippen molar-refractivity contribution in [2.75, 3.05) is 6.54 Å². The van der Waals surface area contributed by atoms with Gasteiger partial charge in [0.15, 0.2) is 0 Å². The zero-order valence-electron chi connectivity index (χ0n) is 17.0. The van der Waals surface area contributed by atoms with Gasteiger partial charge in [-0.05, 0) is 30.4 Å². The summed E-state index contributed by atoms with van der Waals surface area (Å²) in [6.45, 7) is -0.259. The third-order valence-electron chi connectivity index (χ3n) is 6.07. The smallest absolute Gasteiger partial charge is 0.325 e. The van der Waals surface area contributed by atoms with Crippen molar-refractivity contribution in [1.82, 2.24) is 15.5 Å². The lowest BCUT2D eigenvalue weighted by Crippen LogP contribution is -2.49. The van der Waals surface area contributed by atoms with E-state index in [-0.39, 0.29) is 24.4 Å². The summed E-state index contributed by atoms with van der Waals surface area (Å²) in [5, 5.41) is 5.89. The van der Waals surface area contributed by atoms with Gasteiger partial charge in [-0.1, -0.05) is 79.9 Å². The molecule has 30 heavy (non-hydrogen) atoms.